The van der Waals surface area contributed by atoms with Crippen molar-refractivity contribution in [3.63, 3.8) is 0 Å². The fourth-order valence-corrected chi connectivity index (χ4v) is 0.179. The Morgan fingerprint density at radius 3 is 2.57 bits per heavy atom. The molecule has 0 bridgehead atoms. The number of aliphatic imine (C=N–C) groups is 1. The van der Waals surface area contributed by atoms with Gasteiger partial charge in [0.1, 0.15) is 6.17 Å². The van der Waals surface area contributed by atoms with Crippen LogP contribution in [-0.4, -0.2) is 12.4 Å². The molecule has 0 radical (unpaired) electrons. The average molecular weight is 101 g/mol. The first-order valence-corrected chi connectivity index (χ1v) is 2.05. The molecule has 0 aromatic carbocycles. The van der Waals surface area contributed by atoms with Crippen molar-refractivity contribution >= 4 is 6.21 Å². The molecule has 0 N–H and O–H groups in total. The highest BCUT2D eigenvalue weighted by Gasteiger charge is 1.84. The van der Waals surface area contributed by atoms with Crippen molar-refractivity contribution < 1.29 is 4.39 Å². The van der Waals surface area contributed by atoms with Crippen LogP contribution in [0.5, 0.6) is 0 Å². The minimum absolute atomic E-state index is 0.960. The van der Waals surface area contributed by atoms with Gasteiger partial charge < -0.3 is 0 Å². The van der Waals surface area contributed by atoms with E-state index in [4.69, 9.17) is 0 Å². The maximum absolute atomic E-state index is 11.7. The van der Waals surface area contributed by atoms with E-state index in [0.717, 1.165) is 0 Å². The molecule has 7 heavy (non-hydrogen) atoms. The van der Waals surface area contributed by atoms with Gasteiger partial charge >= 0.3 is 0 Å². The van der Waals surface area contributed by atoms with Crippen LogP contribution >= 0.6 is 0 Å². The van der Waals surface area contributed by atoms with Crippen LogP contribution in [0.1, 0.15) is 6.92 Å². The van der Waals surface area contributed by atoms with Crippen LogP contribution in [0.15, 0.2) is 17.8 Å². The highest BCUT2D eigenvalue weighted by molar-refractivity contribution is 5.62. The van der Waals surface area contributed by atoms with Gasteiger partial charge in [-0.2, -0.15) is 0 Å². The van der Waals surface area contributed by atoms with E-state index in [1.54, 1.807) is 0 Å². The Hall–Kier alpha value is -0.660. The van der Waals surface area contributed by atoms with Gasteiger partial charge in [-0.1, -0.05) is 6.58 Å². The van der Waals surface area contributed by atoms with E-state index in [1.807, 2.05) is 0 Å². The van der Waals surface area contributed by atoms with Crippen LogP contribution in [0.2, 0.25) is 0 Å². The lowest BCUT2D eigenvalue weighted by molar-refractivity contribution is 0.461. The molecule has 0 aliphatic rings. The van der Waals surface area contributed by atoms with E-state index in [0.29, 0.717) is 0 Å². The Morgan fingerprint density at radius 2 is 2.43 bits per heavy atom. The van der Waals surface area contributed by atoms with Crippen molar-refractivity contribution in [1.29, 1.82) is 0 Å². The summed E-state index contributed by atoms with van der Waals surface area (Å²) in [7, 11) is 0. The number of halogens is 1. The summed E-state index contributed by atoms with van der Waals surface area (Å²) in [4.78, 5) is 3.44. The lowest BCUT2D eigenvalue weighted by atomic mass is 10.5. The summed E-state index contributed by atoms with van der Waals surface area (Å²) < 4.78 is 11.7. The van der Waals surface area contributed by atoms with Crippen LogP contribution in [-0.2, 0) is 0 Å². The maximum atomic E-state index is 11.7. The zero-order chi connectivity index (χ0) is 5.70. The van der Waals surface area contributed by atoms with E-state index in [2.05, 4.69) is 11.6 Å². The third-order valence-corrected chi connectivity index (χ3v) is 0.397. The fraction of sp³-hybridized carbons (Fsp3) is 0.400. The Labute approximate surface area is 42.6 Å². The molecule has 2 heteroatoms. The molecular formula is C5H8FN. The second-order valence-electron chi connectivity index (χ2n) is 1.16. The highest BCUT2D eigenvalue weighted by atomic mass is 19.1. The summed E-state index contributed by atoms with van der Waals surface area (Å²) in [5.74, 6) is 0. The number of nitrogens with zero attached hydrogens (tertiary/aromatic N) is 1. The van der Waals surface area contributed by atoms with Crippen molar-refractivity contribution in [2.75, 3.05) is 0 Å². The minimum atomic E-state index is -0.960. The van der Waals surface area contributed by atoms with Gasteiger partial charge in [0.15, 0.2) is 0 Å². The largest absolute Gasteiger partial charge is 0.267 e. The first-order chi connectivity index (χ1) is 3.27. The smallest absolute Gasteiger partial charge is 0.132 e. The molecule has 0 fully saturated rings. The molecule has 0 aromatic rings. The third kappa shape index (κ3) is 5.34. The van der Waals surface area contributed by atoms with Crippen LogP contribution in [0.25, 0.3) is 0 Å². The Morgan fingerprint density at radius 1 is 1.86 bits per heavy atom. The zero-order valence-corrected chi connectivity index (χ0v) is 4.26. The summed E-state index contributed by atoms with van der Waals surface area (Å²) >= 11 is 0. The molecule has 0 aliphatic carbocycles. The number of hydrogen-bond donors (Lipinski definition) is 0. The summed E-state index contributed by atoms with van der Waals surface area (Å²) in [6.07, 6.45) is 1.53. The van der Waals surface area contributed by atoms with Crippen molar-refractivity contribution in [2.24, 2.45) is 4.99 Å². The van der Waals surface area contributed by atoms with Crippen molar-refractivity contribution in [3.8, 4) is 0 Å². The predicted molar refractivity (Wildman–Crippen MR) is 29.3 cm³/mol. The van der Waals surface area contributed by atoms with Crippen LogP contribution in [0.4, 0.5) is 4.39 Å². The monoisotopic (exact) mass is 101 g/mol. The fourth-order valence-electron chi connectivity index (χ4n) is 0.179. The van der Waals surface area contributed by atoms with Crippen LogP contribution < -0.4 is 0 Å². The summed E-state index contributed by atoms with van der Waals surface area (Å²) in [5.41, 5.74) is 0. The highest BCUT2D eigenvalue weighted by Crippen LogP contribution is 1.80. The summed E-state index contributed by atoms with van der Waals surface area (Å²) in [6.45, 7) is 4.68. The number of hydrogen-bond acceptors (Lipinski definition) is 1. The SMILES string of the molecule is C=C/N=C\C(C)F. The lowest BCUT2D eigenvalue weighted by Gasteiger charge is -1.82. The van der Waals surface area contributed by atoms with Gasteiger partial charge in [-0.25, -0.2) is 4.39 Å². The molecule has 0 spiro atoms. The molecule has 0 heterocycles. The Bertz CT molecular complexity index is 76.1. The van der Waals surface area contributed by atoms with Gasteiger partial charge in [0, 0.05) is 12.4 Å². The molecule has 0 aliphatic heterocycles. The normalized spacial score (nSPS) is 14.6. The first-order valence-electron chi connectivity index (χ1n) is 2.05. The number of alkyl halides is 1. The molecule has 0 saturated carbocycles. The molecule has 1 unspecified atom stereocenters. The lowest BCUT2D eigenvalue weighted by Crippen LogP contribution is -1.90. The van der Waals surface area contributed by atoms with Gasteiger partial charge in [-0.3, -0.25) is 4.99 Å². The quantitative estimate of drug-likeness (QED) is 0.468. The van der Waals surface area contributed by atoms with Gasteiger partial charge in [-0.15, -0.1) is 0 Å². The first kappa shape index (κ1) is 6.34. The summed E-state index contributed by atoms with van der Waals surface area (Å²) in [6, 6.07) is 0. The van der Waals surface area contributed by atoms with Crippen LogP contribution in [0, 0.1) is 0 Å². The van der Waals surface area contributed by atoms with E-state index >= 15 is 0 Å². The average Bonchev–Trinajstić information content (AvgIpc) is 1.61. The third-order valence-electron chi connectivity index (χ3n) is 0.397. The maximum Gasteiger partial charge on any atom is 0.132 e. The topological polar surface area (TPSA) is 12.4 Å². The summed E-state index contributed by atoms with van der Waals surface area (Å²) in [5, 5.41) is 0. The molecule has 1 atom stereocenters. The zero-order valence-electron chi connectivity index (χ0n) is 4.26. The van der Waals surface area contributed by atoms with E-state index in [-0.39, 0.29) is 0 Å². The molecule has 1 nitrogen and oxygen atoms in total. The minimum Gasteiger partial charge on any atom is -0.267 e. The Kier molecular flexibility index (Phi) is 3.19. The van der Waals surface area contributed by atoms with E-state index in [9.17, 15) is 4.39 Å². The van der Waals surface area contributed by atoms with E-state index in [1.165, 1.54) is 19.3 Å². The standard InChI is InChI=1S/C5H8FN/c1-3-7-4-5(2)6/h3-5H,1H2,2H3/b7-4-. The molecule has 0 aromatic heterocycles. The van der Waals surface area contributed by atoms with Crippen molar-refractivity contribution in [2.45, 2.75) is 13.1 Å². The molecule has 0 rings (SSSR count). The van der Waals surface area contributed by atoms with Crippen molar-refractivity contribution in [1.82, 2.24) is 0 Å². The van der Waals surface area contributed by atoms with Crippen LogP contribution in [0.3, 0.4) is 0 Å². The predicted octanol–water partition coefficient (Wildman–Crippen LogP) is 1.56. The van der Waals surface area contributed by atoms with Gasteiger partial charge in [-0.05, 0) is 6.92 Å². The Balaban J connectivity index is 3.25. The second kappa shape index (κ2) is 3.53. The van der Waals surface area contributed by atoms with Gasteiger partial charge in [0.05, 0.1) is 0 Å². The van der Waals surface area contributed by atoms with E-state index < -0.39 is 6.17 Å². The number of rotatable bonds is 2. The molecule has 40 valence electrons. The second-order valence-corrected chi connectivity index (χ2v) is 1.16. The van der Waals surface area contributed by atoms with Gasteiger partial charge in [0.2, 0.25) is 0 Å². The molecule has 0 saturated heterocycles. The molecule has 0 amide bonds. The van der Waals surface area contributed by atoms with Crippen molar-refractivity contribution in [3.05, 3.63) is 12.8 Å². The molecular weight excluding hydrogens is 93.1 g/mol. The van der Waals surface area contributed by atoms with Gasteiger partial charge in [0.25, 0.3) is 0 Å².